The molecule has 0 saturated heterocycles. The highest BCUT2D eigenvalue weighted by Gasteiger charge is 2.40. The van der Waals surface area contributed by atoms with Crippen LogP contribution in [0.5, 0.6) is 0 Å². The molecule has 0 aromatic carbocycles. The van der Waals surface area contributed by atoms with Gasteiger partial charge in [-0.15, -0.1) is 0 Å². The van der Waals surface area contributed by atoms with Crippen molar-refractivity contribution in [3.05, 3.63) is 12.2 Å². The van der Waals surface area contributed by atoms with Crippen molar-refractivity contribution in [3.8, 4) is 0 Å². The average molecular weight is 234 g/mol. The van der Waals surface area contributed by atoms with E-state index in [2.05, 4.69) is 12.2 Å². The lowest BCUT2D eigenvalue weighted by Gasteiger charge is -2.14. The SMILES string of the molecule is C1=C\CCCC2(CCCCCCCCC/1)CC2. The fourth-order valence-corrected chi connectivity index (χ4v) is 3.28. The monoisotopic (exact) mass is 234 g/mol. The van der Waals surface area contributed by atoms with E-state index >= 15 is 0 Å². The maximum absolute atomic E-state index is 2.44. The summed E-state index contributed by atoms with van der Waals surface area (Å²) in [5.41, 5.74) is 0.827. The van der Waals surface area contributed by atoms with E-state index in [1.165, 1.54) is 89.9 Å². The van der Waals surface area contributed by atoms with Gasteiger partial charge in [-0.2, -0.15) is 0 Å². The van der Waals surface area contributed by atoms with Crippen LogP contribution in [0.1, 0.15) is 89.9 Å². The first-order chi connectivity index (χ1) is 8.41. The molecule has 0 nitrogen and oxygen atoms in total. The first-order valence-corrected chi connectivity index (χ1v) is 8.06. The Morgan fingerprint density at radius 3 is 1.71 bits per heavy atom. The Bertz CT molecular complexity index is 222. The van der Waals surface area contributed by atoms with E-state index < -0.39 is 0 Å². The van der Waals surface area contributed by atoms with E-state index in [0.29, 0.717) is 0 Å². The fraction of sp³-hybridized carbons (Fsp3) is 0.882. The Balaban J connectivity index is 1.70. The molecule has 17 heavy (non-hydrogen) atoms. The minimum atomic E-state index is 0.827. The Morgan fingerprint density at radius 1 is 0.471 bits per heavy atom. The zero-order valence-corrected chi connectivity index (χ0v) is 11.6. The fourth-order valence-electron chi connectivity index (χ4n) is 3.28. The van der Waals surface area contributed by atoms with Crippen LogP contribution in [0.25, 0.3) is 0 Å². The maximum atomic E-state index is 2.44. The van der Waals surface area contributed by atoms with Gasteiger partial charge in [0.15, 0.2) is 0 Å². The Kier molecular flexibility index (Phi) is 5.61. The number of allylic oxidation sites excluding steroid dienone is 2. The molecule has 0 aliphatic heterocycles. The summed E-state index contributed by atoms with van der Waals surface area (Å²) in [6.07, 6.45) is 25.4. The molecule has 2 aliphatic carbocycles. The molecule has 0 bridgehead atoms. The summed E-state index contributed by atoms with van der Waals surface area (Å²) in [5.74, 6) is 0. The van der Waals surface area contributed by atoms with Gasteiger partial charge in [0.25, 0.3) is 0 Å². The maximum Gasteiger partial charge on any atom is -0.0297 e. The Morgan fingerprint density at radius 2 is 1.00 bits per heavy atom. The summed E-state index contributed by atoms with van der Waals surface area (Å²) >= 11 is 0. The van der Waals surface area contributed by atoms with E-state index in [1.54, 1.807) is 0 Å². The summed E-state index contributed by atoms with van der Waals surface area (Å²) in [5, 5.41) is 0. The first-order valence-electron chi connectivity index (χ1n) is 8.06. The van der Waals surface area contributed by atoms with Gasteiger partial charge in [0, 0.05) is 0 Å². The highest BCUT2D eigenvalue weighted by molar-refractivity contribution is 4.93. The van der Waals surface area contributed by atoms with E-state index in [-0.39, 0.29) is 0 Å². The van der Waals surface area contributed by atoms with Crippen molar-refractivity contribution >= 4 is 0 Å². The Labute approximate surface area is 108 Å². The van der Waals surface area contributed by atoms with Crippen LogP contribution in [-0.2, 0) is 0 Å². The molecule has 0 aromatic rings. The molecule has 0 aromatic heterocycles. The molecule has 2 aliphatic rings. The lowest BCUT2D eigenvalue weighted by Crippen LogP contribution is -2.00. The molecule has 0 radical (unpaired) electrons. The molecule has 1 spiro atoms. The Hall–Kier alpha value is -0.260. The lowest BCUT2D eigenvalue weighted by molar-refractivity contribution is 0.393. The largest absolute Gasteiger partial charge is 0.0885 e. The minimum absolute atomic E-state index is 0.827. The van der Waals surface area contributed by atoms with E-state index in [0.717, 1.165) is 5.41 Å². The number of hydrogen-bond acceptors (Lipinski definition) is 0. The van der Waals surface area contributed by atoms with Gasteiger partial charge in [-0.3, -0.25) is 0 Å². The van der Waals surface area contributed by atoms with Gasteiger partial charge in [-0.05, 0) is 56.8 Å². The summed E-state index contributed by atoms with van der Waals surface area (Å²) in [6, 6.07) is 0. The van der Waals surface area contributed by atoms with Gasteiger partial charge in [0.1, 0.15) is 0 Å². The molecule has 0 heterocycles. The van der Waals surface area contributed by atoms with Crippen LogP contribution in [0.3, 0.4) is 0 Å². The molecule has 0 heteroatoms. The predicted octanol–water partition coefficient (Wildman–Crippen LogP) is 6.02. The first kappa shape index (κ1) is 13.2. The zero-order valence-electron chi connectivity index (χ0n) is 11.6. The topological polar surface area (TPSA) is 0 Å². The van der Waals surface area contributed by atoms with Crippen LogP contribution in [0.4, 0.5) is 0 Å². The third kappa shape index (κ3) is 5.27. The van der Waals surface area contributed by atoms with Gasteiger partial charge in [0.2, 0.25) is 0 Å². The molecule has 1 fully saturated rings. The van der Waals surface area contributed by atoms with Crippen molar-refractivity contribution < 1.29 is 0 Å². The molecule has 2 rings (SSSR count). The summed E-state index contributed by atoms with van der Waals surface area (Å²) < 4.78 is 0. The van der Waals surface area contributed by atoms with Gasteiger partial charge in [-0.25, -0.2) is 0 Å². The highest BCUT2D eigenvalue weighted by atomic mass is 14.5. The quantitative estimate of drug-likeness (QED) is 0.450. The van der Waals surface area contributed by atoms with E-state index in [4.69, 9.17) is 0 Å². The van der Waals surface area contributed by atoms with Crippen molar-refractivity contribution in [1.29, 1.82) is 0 Å². The van der Waals surface area contributed by atoms with Crippen LogP contribution in [0.2, 0.25) is 0 Å². The van der Waals surface area contributed by atoms with Crippen LogP contribution >= 0.6 is 0 Å². The smallest absolute Gasteiger partial charge is 0.0297 e. The standard InChI is InChI=1S/C17H30/c1-2-4-6-8-10-12-14-17(15-16-17)13-11-9-7-5-3-1/h5,7H,1-4,6,8-16H2/b7-5-. The second-order valence-corrected chi connectivity index (χ2v) is 6.38. The predicted molar refractivity (Wildman–Crippen MR) is 76.2 cm³/mol. The van der Waals surface area contributed by atoms with Crippen molar-refractivity contribution in [1.82, 2.24) is 0 Å². The lowest BCUT2D eigenvalue weighted by atomic mass is 9.92. The molecule has 0 atom stereocenters. The molecule has 1 saturated carbocycles. The van der Waals surface area contributed by atoms with Gasteiger partial charge in [0.05, 0.1) is 0 Å². The zero-order chi connectivity index (χ0) is 11.8. The van der Waals surface area contributed by atoms with Crippen LogP contribution in [-0.4, -0.2) is 0 Å². The van der Waals surface area contributed by atoms with E-state index in [9.17, 15) is 0 Å². The molecular formula is C17H30. The third-order valence-corrected chi connectivity index (χ3v) is 4.78. The second kappa shape index (κ2) is 7.24. The van der Waals surface area contributed by atoms with Gasteiger partial charge < -0.3 is 0 Å². The van der Waals surface area contributed by atoms with Gasteiger partial charge in [-0.1, -0.05) is 50.7 Å². The van der Waals surface area contributed by atoms with Crippen LogP contribution in [0.15, 0.2) is 12.2 Å². The molecule has 98 valence electrons. The molecule has 0 amide bonds. The highest BCUT2D eigenvalue weighted by Crippen LogP contribution is 2.53. The summed E-state index contributed by atoms with van der Waals surface area (Å²) in [7, 11) is 0. The average Bonchev–Trinajstić information content (AvgIpc) is 3.10. The van der Waals surface area contributed by atoms with Gasteiger partial charge >= 0.3 is 0 Å². The normalized spacial score (nSPS) is 29.2. The van der Waals surface area contributed by atoms with Crippen LogP contribution in [0, 0.1) is 5.41 Å². The summed E-state index contributed by atoms with van der Waals surface area (Å²) in [4.78, 5) is 0. The third-order valence-electron chi connectivity index (χ3n) is 4.78. The van der Waals surface area contributed by atoms with Crippen molar-refractivity contribution in [2.75, 3.05) is 0 Å². The van der Waals surface area contributed by atoms with Crippen molar-refractivity contribution in [2.24, 2.45) is 5.41 Å². The second-order valence-electron chi connectivity index (χ2n) is 6.38. The molecular weight excluding hydrogens is 204 g/mol. The molecule has 0 N–H and O–H groups in total. The molecule has 0 unspecified atom stereocenters. The minimum Gasteiger partial charge on any atom is -0.0885 e. The summed E-state index contributed by atoms with van der Waals surface area (Å²) in [6.45, 7) is 0. The van der Waals surface area contributed by atoms with Crippen LogP contribution < -0.4 is 0 Å². The van der Waals surface area contributed by atoms with Crippen molar-refractivity contribution in [3.63, 3.8) is 0 Å². The number of rotatable bonds is 0. The number of hydrogen-bond donors (Lipinski definition) is 0. The van der Waals surface area contributed by atoms with Crippen molar-refractivity contribution in [2.45, 2.75) is 89.9 Å². The van der Waals surface area contributed by atoms with E-state index in [1.807, 2.05) is 0 Å².